The van der Waals surface area contributed by atoms with E-state index in [1.54, 1.807) is 23.7 Å². The van der Waals surface area contributed by atoms with Crippen molar-refractivity contribution in [2.45, 2.75) is 40.0 Å². The first-order valence-corrected chi connectivity index (χ1v) is 11.2. The average molecular weight is 418 g/mol. The molecule has 1 aliphatic carbocycles. The Hall–Kier alpha value is -2.79. The molecule has 154 valence electrons. The highest BCUT2D eigenvalue weighted by molar-refractivity contribution is 7.16. The third-order valence-electron chi connectivity index (χ3n) is 5.77. The van der Waals surface area contributed by atoms with E-state index in [-0.39, 0.29) is 11.3 Å². The summed E-state index contributed by atoms with van der Waals surface area (Å²) in [5, 5.41) is 3.85. The van der Waals surface area contributed by atoms with Gasteiger partial charge in [-0.2, -0.15) is 0 Å². The van der Waals surface area contributed by atoms with E-state index in [4.69, 9.17) is 4.99 Å². The van der Waals surface area contributed by atoms with E-state index in [0.29, 0.717) is 5.92 Å². The number of amides is 1. The van der Waals surface area contributed by atoms with Gasteiger partial charge in [0, 0.05) is 29.2 Å². The second-order valence-electron chi connectivity index (χ2n) is 8.85. The van der Waals surface area contributed by atoms with E-state index in [1.165, 1.54) is 10.4 Å². The Bertz CT molecular complexity index is 1050. The number of aromatic nitrogens is 1. The second kappa shape index (κ2) is 8.52. The molecule has 1 amide bonds. The lowest BCUT2D eigenvalue weighted by Crippen LogP contribution is -2.27. The number of rotatable bonds is 4. The number of aliphatic imine (C=N–C) groups is 1. The number of anilines is 1. The maximum atomic E-state index is 13.3. The molecule has 1 aliphatic rings. The highest BCUT2D eigenvalue weighted by Gasteiger charge is 2.33. The molecule has 0 spiro atoms. The molecule has 1 aromatic carbocycles. The summed E-state index contributed by atoms with van der Waals surface area (Å²) >= 11 is 1.67. The van der Waals surface area contributed by atoms with Crippen molar-refractivity contribution in [3.05, 3.63) is 76.4 Å². The van der Waals surface area contributed by atoms with E-state index in [1.807, 2.05) is 48.7 Å². The Morgan fingerprint density at radius 2 is 1.90 bits per heavy atom. The van der Waals surface area contributed by atoms with E-state index < -0.39 is 0 Å². The van der Waals surface area contributed by atoms with Crippen LogP contribution in [0.25, 0.3) is 0 Å². The van der Waals surface area contributed by atoms with Gasteiger partial charge in [0.1, 0.15) is 5.00 Å². The van der Waals surface area contributed by atoms with Crippen LogP contribution in [0.15, 0.2) is 59.9 Å². The number of carbonyl (C=O) groups excluding carboxylic acids is 1. The molecule has 3 aromatic rings. The smallest absolute Gasteiger partial charge is 0.259 e. The Balaban J connectivity index is 1.70. The maximum absolute atomic E-state index is 13.3. The fourth-order valence-electron chi connectivity index (χ4n) is 3.93. The Labute approximate surface area is 182 Å². The lowest BCUT2D eigenvalue weighted by Gasteiger charge is -2.33. The van der Waals surface area contributed by atoms with Crippen LogP contribution >= 0.6 is 11.3 Å². The molecule has 1 N–H and O–H groups in total. The van der Waals surface area contributed by atoms with Gasteiger partial charge >= 0.3 is 0 Å². The van der Waals surface area contributed by atoms with Crippen molar-refractivity contribution in [2.24, 2.45) is 16.3 Å². The summed E-state index contributed by atoms with van der Waals surface area (Å²) in [5.74, 6) is 0.542. The van der Waals surface area contributed by atoms with Gasteiger partial charge in [-0.3, -0.25) is 9.78 Å². The van der Waals surface area contributed by atoms with Gasteiger partial charge in [0.15, 0.2) is 0 Å². The predicted octanol–water partition coefficient (Wildman–Crippen LogP) is 6.30. The molecule has 1 atom stereocenters. The van der Waals surface area contributed by atoms with Crippen molar-refractivity contribution in [1.82, 2.24) is 4.98 Å². The van der Waals surface area contributed by atoms with Crippen LogP contribution in [0.2, 0.25) is 0 Å². The summed E-state index contributed by atoms with van der Waals surface area (Å²) < 4.78 is 0. The fraction of sp³-hybridized carbons (Fsp3) is 0.320. The molecule has 0 saturated carbocycles. The van der Waals surface area contributed by atoms with Crippen molar-refractivity contribution in [3.8, 4) is 0 Å². The number of hydrogen-bond acceptors (Lipinski definition) is 4. The summed E-state index contributed by atoms with van der Waals surface area (Å²) in [5.41, 5.74) is 3.94. The number of pyridine rings is 1. The van der Waals surface area contributed by atoms with E-state index in [0.717, 1.165) is 41.1 Å². The maximum Gasteiger partial charge on any atom is 0.259 e. The van der Waals surface area contributed by atoms with Crippen molar-refractivity contribution in [2.75, 3.05) is 5.32 Å². The van der Waals surface area contributed by atoms with E-state index >= 15 is 0 Å². The largest absolute Gasteiger partial charge is 0.322 e. The number of thiophene rings is 1. The zero-order valence-corrected chi connectivity index (χ0v) is 18.5. The Kier molecular flexibility index (Phi) is 5.82. The van der Waals surface area contributed by atoms with Gasteiger partial charge in [0.05, 0.1) is 5.56 Å². The lowest BCUT2D eigenvalue weighted by molar-refractivity contribution is 0.102. The van der Waals surface area contributed by atoms with Crippen molar-refractivity contribution in [1.29, 1.82) is 0 Å². The first-order valence-electron chi connectivity index (χ1n) is 10.4. The van der Waals surface area contributed by atoms with Gasteiger partial charge < -0.3 is 5.32 Å². The summed E-state index contributed by atoms with van der Waals surface area (Å²) in [6.45, 7) is 6.92. The van der Waals surface area contributed by atoms with Crippen LogP contribution in [-0.4, -0.2) is 17.1 Å². The molecule has 0 radical (unpaired) electrons. The van der Waals surface area contributed by atoms with Gasteiger partial charge in [0.2, 0.25) is 0 Å². The molecule has 4 nitrogen and oxygen atoms in total. The number of nitrogens with one attached hydrogen (secondary N) is 1. The predicted molar refractivity (Wildman–Crippen MR) is 125 cm³/mol. The normalized spacial score (nSPS) is 16.4. The van der Waals surface area contributed by atoms with Gasteiger partial charge in [0.25, 0.3) is 5.91 Å². The van der Waals surface area contributed by atoms with Crippen molar-refractivity contribution < 1.29 is 4.79 Å². The van der Waals surface area contributed by atoms with Crippen LogP contribution in [0.5, 0.6) is 0 Å². The molecule has 30 heavy (non-hydrogen) atoms. The number of carbonyl (C=O) groups is 1. The van der Waals surface area contributed by atoms with Crippen LogP contribution in [0, 0.1) is 11.3 Å². The Morgan fingerprint density at radius 1 is 1.17 bits per heavy atom. The molecular weight excluding hydrogens is 390 g/mol. The lowest BCUT2D eigenvalue weighted by atomic mass is 9.72. The minimum absolute atomic E-state index is 0.0743. The quantitative estimate of drug-likeness (QED) is 0.507. The molecular formula is C25H27N3OS. The third kappa shape index (κ3) is 4.51. The molecule has 2 heterocycles. The summed E-state index contributed by atoms with van der Waals surface area (Å²) in [4.78, 5) is 23.4. The fourth-order valence-corrected chi connectivity index (χ4v) is 5.20. The highest BCUT2D eigenvalue weighted by Crippen LogP contribution is 2.45. The summed E-state index contributed by atoms with van der Waals surface area (Å²) in [6.07, 6.45) is 8.36. The Morgan fingerprint density at radius 3 is 2.60 bits per heavy atom. The van der Waals surface area contributed by atoms with Gasteiger partial charge in [-0.25, -0.2) is 4.99 Å². The molecule has 4 rings (SSSR count). The second-order valence-corrected chi connectivity index (χ2v) is 9.93. The summed E-state index contributed by atoms with van der Waals surface area (Å²) in [6, 6.07) is 13.4. The third-order valence-corrected chi connectivity index (χ3v) is 6.93. The minimum Gasteiger partial charge on any atom is -0.322 e. The number of para-hydroxylation sites is 1. The minimum atomic E-state index is -0.0743. The van der Waals surface area contributed by atoms with Crippen LogP contribution in [0.4, 0.5) is 10.7 Å². The molecule has 0 unspecified atom stereocenters. The molecule has 0 saturated heterocycles. The molecule has 5 heteroatoms. The zero-order chi connectivity index (χ0) is 21.1. The van der Waals surface area contributed by atoms with Gasteiger partial charge in [-0.05, 0) is 66.0 Å². The molecule has 2 aromatic heterocycles. The number of fused-ring (bicyclic) bond motifs is 1. The van der Waals surface area contributed by atoms with Gasteiger partial charge in [-0.1, -0.05) is 39.0 Å². The van der Waals surface area contributed by atoms with Crippen LogP contribution in [0.1, 0.15) is 53.6 Å². The van der Waals surface area contributed by atoms with Crippen molar-refractivity contribution >= 4 is 34.1 Å². The number of benzene rings is 1. The van der Waals surface area contributed by atoms with Gasteiger partial charge in [-0.15, -0.1) is 11.3 Å². The SMILES string of the molecule is CC(C)(C)[C@H]1CCc2c(sc(N=Cc3ccncc3)c2C(=O)Nc2ccccc2)C1. The standard InChI is InChI=1S/C25H27N3OS/c1-25(2,3)18-9-10-20-21(15-18)30-24(27-16-17-11-13-26-14-12-17)22(20)23(29)28-19-7-5-4-6-8-19/h4-8,11-14,16,18H,9-10,15H2,1-3H3,(H,28,29)/t18-/m0/s1. The van der Waals surface area contributed by atoms with Crippen molar-refractivity contribution in [3.63, 3.8) is 0 Å². The summed E-state index contributed by atoms with van der Waals surface area (Å²) in [7, 11) is 0. The van der Waals surface area contributed by atoms with E-state index in [9.17, 15) is 4.79 Å². The topological polar surface area (TPSA) is 54.4 Å². The highest BCUT2D eigenvalue weighted by atomic mass is 32.1. The van der Waals surface area contributed by atoms with Crippen LogP contribution in [-0.2, 0) is 12.8 Å². The van der Waals surface area contributed by atoms with E-state index in [2.05, 4.69) is 31.1 Å². The number of hydrogen-bond donors (Lipinski definition) is 1. The molecule has 0 aliphatic heterocycles. The zero-order valence-electron chi connectivity index (χ0n) is 17.7. The molecule has 0 fully saturated rings. The first-order chi connectivity index (χ1) is 14.4. The number of nitrogens with zero attached hydrogens (tertiary/aromatic N) is 2. The van der Waals surface area contributed by atoms with Crippen LogP contribution in [0.3, 0.4) is 0 Å². The monoisotopic (exact) mass is 417 g/mol. The first kappa shape index (κ1) is 20.5. The molecule has 0 bridgehead atoms. The van der Waals surface area contributed by atoms with Crippen LogP contribution < -0.4 is 5.32 Å². The average Bonchev–Trinajstić information content (AvgIpc) is 3.11.